The number of imidazole rings is 1. The molecule has 0 aliphatic rings. The molecule has 0 bridgehead atoms. The molecule has 2 aromatic heterocycles. The number of nitrogen functional groups attached to an aromatic ring is 1. The van der Waals surface area contributed by atoms with Crippen molar-refractivity contribution in [2.24, 2.45) is 0 Å². The summed E-state index contributed by atoms with van der Waals surface area (Å²) in [7, 11) is 1.83. The number of anilines is 2. The van der Waals surface area contributed by atoms with Crippen molar-refractivity contribution in [3.05, 3.63) is 6.33 Å². The lowest BCUT2D eigenvalue weighted by atomic mass is 10.3. The number of nitrogens with zero attached hydrogens (tertiary/aromatic N) is 4. The van der Waals surface area contributed by atoms with Crippen LogP contribution in [0.1, 0.15) is 6.92 Å². The molecule has 0 aliphatic heterocycles. The fourth-order valence-corrected chi connectivity index (χ4v) is 1.59. The van der Waals surface area contributed by atoms with Crippen molar-refractivity contribution in [1.82, 2.24) is 19.9 Å². The van der Waals surface area contributed by atoms with Gasteiger partial charge in [-0.2, -0.15) is 9.97 Å². The summed E-state index contributed by atoms with van der Waals surface area (Å²) in [6, 6.07) is 0. The van der Waals surface area contributed by atoms with Crippen molar-refractivity contribution in [2.45, 2.75) is 13.0 Å². The molecule has 7 nitrogen and oxygen atoms in total. The molecule has 0 aromatic carbocycles. The van der Waals surface area contributed by atoms with Crippen LogP contribution in [0.15, 0.2) is 6.33 Å². The molecule has 4 N–H and O–H groups in total. The molecule has 2 aromatic rings. The fourth-order valence-electron chi connectivity index (χ4n) is 1.59. The van der Waals surface area contributed by atoms with E-state index in [0.717, 1.165) is 5.52 Å². The first kappa shape index (κ1) is 10.6. The van der Waals surface area contributed by atoms with Gasteiger partial charge in [0.2, 0.25) is 5.95 Å². The third-order valence-electron chi connectivity index (χ3n) is 2.18. The van der Waals surface area contributed by atoms with E-state index in [1.54, 1.807) is 13.3 Å². The van der Waals surface area contributed by atoms with Crippen LogP contribution in [0.3, 0.4) is 0 Å². The zero-order chi connectivity index (χ0) is 11.7. The lowest BCUT2D eigenvalue weighted by Crippen LogP contribution is -2.28. The number of fused-ring (bicyclic) bond motifs is 1. The predicted octanol–water partition coefficient (Wildman–Crippen LogP) is -0.248. The third kappa shape index (κ3) is 1.89. The average molecular weight is 222 g/mol. The van der Waals surface area contributed by atoms with Crippen molar-refractivity contribution < 1.29 is 5.11 Å². The van der Waals surface area contributed by atoms with E-state index in [1.807, 2.05) is 11.9 Å². The van der Waals surface area contributed by atoms with Crippen molar-refractivity contribution in [3.63, 3.8) is 0 Å². The van der Waals surface area contributed by atoms with E-state index >= 15 is 0 Å². The Balaban J connectivity index is 2.45. The van der Waals surface area contributed by atoms with E-state index in [0.29, 0.717) is 18.0 Å². The summed E-state index contributed by atoms with van der Waals surface area (Å²) in [6.07, 6.45) is 1.09. The van der Waals surface area contributed by atoms with Crippen LogP contribution in [0.5, 0.6) is 0 Å². The van der Waals surface area contributed by atoms with Crippen molar-refractivity contribution in [3.8, 4) is 0 Å². The first-order valence-electron chi connectivity index (χ1n) is 4.93. The number of aliphatic hydroxyl groups is 1. The van der Waals surface area contributed by atoms with Gasteiger partial charge in [0.15, 0.2) is 11.5 Å². The van der Waals surface area contributed by atoms with Crippen LogP contribution in [0.4, 0.5) is 11.8 Å². The molecule has 7 heteroatoms. The van der Waals surface area contributed by atoms with Gasteiger partial charge in [-0.1, -0.05) is 0 Å². The Hall–Kier alpha value is -1.89. The lowest BCUT2D eigenvalue weighted by molar-refractivity contribution is 0.201. The normalized spacial score (nSPS) is 12.9. The molecule has 0 saturated heterocycles. The molecule has 1 atom stereocenters. The van der Waals surface area contributed by atoms with Crippen LogP contribution >= 0.6 is 0 Å². The third-order valence-corrected chi connectivity index (χ3v) is 2.18. The van der Waals surface area contributed by atoms with Crippen LogP contribution in [0.25, 0.3) is 11.2 Å². The molecule has 0 aliphatic carbocycles. The largest absolute Gasteiger partial charge is 0.392 e. The highest BCUT2D eigenvalue weighted by molar-refractivity contribution is 5.83. The number of nitrogens with one attached hydrogen (secondary N) is 1. The summed E-state index contributed by atoms with van der Waals surface area (Å²) in [5.41, 5.74) is 6.83. The standard InChI is InChI=1S/C9H14N6O/c1-5(16)3-15(2)8-6-7(12-4-11-6)13-9(10)14-8/h4-5,16H,3H2,1-2H3,(H3,10,11,12,13,14). The van der Waals surface area contributed by atoms with Crippen LogP contribution < -0.4 is 10.6 Å². The maximum atomic E-state index is 9.33. The Morgan fingerprint density at radius 1 is 1.56 bits per heavy atom. The zero-order valence-corrected chi connectivity index (χ0v) is 9.18. The Morgan fingerprint density at radius 3 is 3.00 bits per heavy atom. The van der Waals surface area contributed by atoms with Crippen LogP contribution in [-0.2, 0) is 0 Å². The minimum Gasteiger partial charge on any atom is -0.392 e. The molecule has 2 rings (SSSR count). The van der Waals surface area contributed by atoms with E-state index in [2.05, 4.69) is 19.9 Å². The first-order valence-corrected chi connectivity index (χ1v) is 4.93. The number of likely N-dealkylation sites (N-methyl/N-ethyl adjacent to an activating group) is 1. The minimum atomic E-state index is -0.445. The minimum absolute atomic E-state index is 0.173. The SMILES string of the molecule is CC(O)CN(C)c1nc(N)nc2nc[nH]c12. The van der Waals surface area contributed by atoms with Crippen molar-refractivity contribution in [2.75, 3.05) is 24.2 Å². The molecular weight excluding hydrogens is 208 g/mol. The van der Waals surface area contributed by atoms with Crippen LogP contribution in [0.2, 0.25) is 0 Å². The topological polar surface area (TPSA) is 104 Å². The second-order valence-corrected chi connectivity index (χ2v) is 3.74. The van der Waals surface area contributed by atoms with Gasteiger partial charge < -0.3 is 20.7 Å². The molecule has 16 heavy (non-hydrogen) atoms. The summed E-state index contributed by atoms with van der Waals surface area (Å²) in [5.74, 6) is 0.813. The van der Waals surface area contributed by atoms with Gasteiger partial charge in [-0.05, 0) is 6.92 Å². The van der Waals surface area contributed by atoms with E-state index in [1.165, 1.54) is 0 Å². The molecule has 2 heterocycles. The molecule has 1 unspecified atom stereocenters. The Kier molecular flexibility index (Phi) is 2.61. The van der Waals surface area contributed by atoms with Gasteiger partial charge in [-0.25, -0.2) is 4.98 Å². The van der Waals surface area contributed by atoms with Gasteiger partial charge in [0.25, 0.3) is 0 Å². The quantitative estimate of drug-likeness (QED) is 0.661. The van der Waals surface area contributed by atoms with Crippen molar-refractivity contribution >= 4 is 22.9 Å². The molecule has 0 saturated carbocycles. The molecular formula is C9H14N6O. The van der Waals surface area contributed by atoms with Gasteiger partial charge in [0.1, 0.15) is 5.52 Å². The number of rotatable bonds is 3. The summed E-state index contributed by atoms with van der Waals surface area (Å²) in [6.45, 7) is 2.18. The number of aliphatic hydroxyl groups excluding tert-OH is 1. The van der Waals surface area contributed by atoms with Crippen LogP contribution in [0, 0.1) is 0 Å². The highest BCUT2D eigenvalue weighted by Crippen LogP contribution is 2.20. The number of nitrogens with two attached hydrogens (primary N) is 1. The second kappa shape index (κ2) is 3.93. The van der Waals surface area contributed by atoms with Gasteiger partial charge in [-0.3, -0.25) is 0 Å². The molecule has 0 amide bonds. The predicted molar refractivity (Wildman–Crippen MR) is 61.0 cm³/mol. The summed E-state index contributed by atoms with van der Waals surface area (Å²) in [5, 5.41) is 9.33. The van der Waals surface area contributed by atoms with E-state index in [-0.39, 0.29) is 5.95 Å². The smallest absolute Gasteiger partial charge is 0.224 e. The number of aromatic nitrogens is 4. The van der Waals surface area contributed by atoms with Crippen molar-refractivity contribution in [1.29, 1.82) is 0 Å². The highest BCUT2D eigenvalue weighted by Gasteiger charge is 2.13. The monoisotopic (exact) mass is 222 g/mol. The molecule has 0 fully saturated rings. The van der Waals surface area contributed by atoms with Gasteiger partial charge in [0, 0.05) is 13.6 Å². The summed E-state index contributed by atoms with van der Waals surface area (Å²) in [4.78, 5) is 16.9. The average Bonchev–Trinajstić information content (AvgIpc) is 2.62. The highest BCUT2D eigenvalue weighted by atomic mass is 16.3. The number of aromatic amines is 1. The Bertz CT molecular complexity index is 494. The molecule has 0 radical (unpaired) electrons. The molecule has 0 spiro atoms. The number of hydrogen-bond acceptors (Lipinski definition) is 6. The van der Waals surface area contributed by atoms with Gasteiger partial charge in [-0.15, -0.1) is 0 Å². The fraction of sp³-hybridized carbons (Fsp3) is 0.444. The van der Waals surface area contributed by atoms with Gasteiger partial charge >= 0.3 is 0 Å². The first-order chi connectivity index (χ1) is 7.58. The Labute approximate surface area is 92.3 Å². The summed E-state index contributed by atoms with van der Waals surface area (Å²) >= 11 is 0. The van der Waals surface area contributed by atoms with Gasteiger partial charge in [0.05, 0.1) is 12.4 Å². The zero-order valence-electron chi connectivity index (χ0n) is 9.18. The maximum absolute atomic E-state index is 9.33. The summed E-state index contributed by atoms with van der Waals surface area (Å²) < 4.78 is 0. The second-order valence-electron chi connectivity index (χ2n) is 3.74. The lowest BCUT2D eigenvalue weighted by Gasteiger charge is -2.20. The van der Waals surface area contributed by atoms with E-state index < -0.39 is 6.10 Å². The number of hydrogen-bond donors (Lipinski definition) is 3. The van der Waals surface area contributed by atoms with E-state index in [4.69, 9.17) is 5.73 Å². The maximum Gasteiger partial charge on any atom is 0.224 e. The van der Waals surface area contributed by atoms with Crippen LogP contribution in [-0.4, -0.2) is 44.7 Å². The number of H-pyrrole nitrogens is 1. The van der Waals surface area contributed by atoms with E-state index in [9.17, 15) is 5.11 Å². The Morgan fingerprint density at radius 2 is 2.31 bits per heavy atom. The molecule has 86 valence electrons.